The number of fused-ring (bicyclic) bond motifs is 14. The number of aryl methyl sites for hydroxylation is 2. The molecule has 1 aliphatic heterocycles. The van der Waals surface area contributed by atoms with Crippen LogP contribution in [0.1, 0.15) is 72.9 Å². The van der Waals surface area contributed by atoms with Gasteiger partial charge in [-0.25, -0.2) is 9.59 Å². The molecule has 0 saturated heterocycles. The average molecular weight is 645 g/mol. The number of aromatic nitrogens is 4. The Balaban J connectivity index is 1.55. The Labute approximate surface area is 280 Å². The Morgan fingerprint density at radius 2 is 0.812 bits per heavy atom. The van der Waals surface area contributed by atoms with Crippen molar-refractivity contribution in [1.82, 2.24) is 18.3 Å². The zero-order valence-electron chi connectivity index (χ0n) is 28.4. The lowest BCUT2D eigenvalue weighted by Crippen LogP contribution is -2.27. The van der Waals surface area contributed by atoms with E-state index in [9.17, 15) is 9.59 Å². The Morgan fingerprint density at radius 1 is 0.521 bits per heavy atom. The number of para-hydroxylation sites is 4. The van der Waals surface area contributed by atoms with E-state index in [1.165, 1.54) is 11.1 Å². The van der Waals surface area contributed by atoms with E-state index < -0.39 is 0 Å². The molecule has 6 aromatic rings. The fraction of sp³-hybridized carbons (Fsp3) is 0.350. The standard InChI is InChI=1S/C40H44N4O4/c1-5-7-13-27-19-29-23-41-33-15-9-11-17-35(33)43(39(41)45)25-31-21-28(14-8-6-2)22-32(38(31)48-4)26-44-36-18-12-10-16-34(36)42(40(44)46)24-30(20-27)37(29)47-3/h9-12,15-22H,5-8,13-14,23-26H2,1-4H3. The molecule has 4 aromatic carbocycles. The number of hydrogen-bond donors (Lipinski definition) is 0. The van der Waals surface area contributed by atoms with E-state index in [4.69, 9.17) is 9.47 Å². The molecule has 8 heteroatoms. The number of methoxy groups -OCH3 is 2. The number of ether oxygens (including phenoxy) is 2. The minimum absolute atomic E-state index is 0.0800. The van der Waals surface area contributed by atoms with Crippen LogP contribution in [0.4, 0.5) is 0 Å². The third-order valence-electron chi connectivity index (χ3n) is 9.82. The van der Waals surface area contributed by atoms with Gasteiger partial charge in [0.2, 0.25) is 0 Å². The van der Waals surface area contributed by atoms with Gasteiger partial charge in [0, 0.05) is 22.3 Å². The van der Waals surface area contributed by atoms with Crippen molar-refractivity contribution in [2.75, 3.05) is 14.2 Å². The van der Waals surface area contributed by atoms with Crippen LogP contribution in [0.25, 0.3) is 22.1 Å². The van der Waals surface area contributed by atoms with E-state index in [-0.39, 0.29) is 11.4 Å². The summed E-state index contributed by atoms with van der Waals surface area (Å²) in [5.74, 6) is 1.42. The molecule has 0 N–H and O–H groups in total. The first-order chi connectivity index (χ1) is 23.4. The molecular formula is C40H44N4O4. The molecule has 0 radical (unpaired) electrons. The Bertz CT molecular complexity index is 1960. The summed E-state index contributed by atoms with van der Waals surface area (Å²) in [6, 6.07) is 24.7. The highest BCUT2D eigenvalue weighted by molar-refractivity contribution is 5.77. The van der Waals surface area contributed by atoms with Crippen LogP contribution in [0, 0.1) is 0 Å². The molecule has 0 spiro atoms. The second-order valence-electron chi connectivity index (χ2n) is 13.0. The van der Waals surface area contributed by atoms with Crippen molar-refractivity contribution >= 4 is 22.1 Å². The van der Waals surface area contributed by atoms with Crippen molar-refractivity contribution in [2.24, 2.45) is 0 Å². The monoisotopic (exact) mass is 644 g/mol. The van der Waals surface area contributed by atoms with E-state index in [1.807, 2.05) is 66.8 Å². The largest absolute Gasteiger partial charge is 0.496 e. The van der Waals surface area contributed by atoms with Gasteiger partial charge in [-0.1, -0.05) is 75.2 Å². The summed E-state index contributed by atoms with van der Waals surface area (Å²) in [4.78, 5) is 29.0. The molecule has 0 fully saturated rings. The molecule has 1 aliphatic rings. The van der Waals surface area contributed by atoms with Crippen LogP contribution in [0.3, 0.4) is 0 Å². The van der Waals surface area contributed by atoms with E-state index in [0.717, 1.165) is 82.8 Å². The maximum absolute atomic E-state index is 14.5. The predicted molar refractivity (Wildman–Crippen MR) is 192 cm³/mol. The zero-order chi connectivity index (χ0) is 33.4. The van der Waals surface area contributed by atoms with Gasteiger partial charge in [0.05, 0.1) is 62.5 Å². The third kappa shape index (κ3) is 5.53. The molecule has 0 aliphatic carbocycles. The maximum atomic E-state index is 14.5. The highest BCUT2D eigenvalue weighted by Gasteiger charge is 2.23. The summed E-state index contributed by atoms with van der Waals surface area (Å²) in [5, 5.41) is 0. The van der Waals surface area contributed by atoms with Gasteiger partial charge in [-0.15, -0.1) is 0 Å². The van der Waals surface area contributed by atoms with Crippen LogP contribution >= 0.6 is 0 Å². The molecule has 248 valence electrons. The summed E-state index contributed by atoms with van der Waals surface area (Å²) in [5.41, 5.74) is 9.38. The molecule has 3 heterocycles. The Hall–Kier alpha value is -4.98. The second-order valence-corrected chi connectivity index (χ2v) is 13.0. The normalized spacial score (nSPS) is 12.9. The number of hydrogen-bond acceptors (Lipinski definition) is 4. The molecule has 7 rings (SSSR count). The van der Waals surface area contributed by atoms with Gasteiger partial charge < -0.3 is 9.47 Å². The van der Waals surface area contributed by atoms with Crippen LogP contribution in [-0.2, 0) is 39.0 Å². The first kappa shape index (κ1) is 31.6. The molecular weight excluding hydrogens is 600 g/mol. The topological polar surface area (TPSA) is 72.3 Å². The van der Waals surface area contributed by atoms with E-state index in [1.54, 1.807) is 14.2 Å². The minimum Gasteiger partial charge on any atom is -0.496 e. The SMILES string of the molecule is CCCCc1cc2c(OC)c(c1)Cn1c(=O)n(c3ccccc31)Cc1cc(CCCC)cc(c1OC)Cn1c(=O)n(c3ccccc31)C2. The number of imidazole rings is 2. The molecule has 0 atom stereocenters. The summed E-state index contributed by atoms with van der Waals surface area (Å²) < 4.78 is 19.7. The summed E-state index contributed by atoms with van der Waals surface area (Å²) >= 11 is 0. The van der Waals surface area contributed by atoms with E-state index in [0.29, 0.717) is 37.7 Å². The lowest BCUT2D eigenvalue weighted by Gasteiger charge is -2.18. The van der Waals surface area contributed by atoms with Gasteiger partial charge in [0.1, 0.15) is 11.5 Å². The van der Waals surface area contributed by atoms with Crippen molar-refractivity contribution in [3.63, 3.8) is 0 Å². The first-order valence-corrected chi connectivity index (χ1v) is 17.2. The quantitative estimate of drug-likeness (QED) is 0.177. The lowest BCUT2D eigenvalue weighted by molar-refractivity contribution is 0.399. The van der Waals surface area contributed by atoms with Crippen LogP contribution < -0.4 is 20.9 Å². The molecule has 2 aromatic heterocycles. The number of rotatable bonds is 8. The zero-order valence-corrected chi connectivity index (χ0v) is 28.4. The Kier molecular flexibility index (Phi) is 8.73. The third-order valence-corrected chi connectivity index (χ3v) is 9.82. The van der Waals surface area contributed by atoms with Crippen molar-refractivity contribution in [1.29, 1.82) is 0 Å². The minimum atomic E-state index is -0.0800. The van der Waals surface area contributed by atoms with E-state index in [2.05, 4.69) is 38.1 Å². The number of nitrogens with zero attached hydrogens (tertiary/aromatic N) is 4. The van der Waals surface area contributed by atoms with Crippen LogP contribution in [0.2, 0.25) is 0 Å². The van der Waals surface area contributed by atoms with Crippen molar-refractivity contribution in [2.45, 2.75) is 78.6 Å². The molecule has 8 nitrogen and oxygen atoms in total. The molecule has 8 bridgehead atoms. The number of benzene rings is 4. The van der Waals surface area contributed by atoms with E-state index >= 15 is 0 Å². The van der Waals surface area contributed by atoms with Gasteiger partial charge in [-0.2, -0.15) is 0 Å². The van der Waals surface area contributed by atoms with Crippen molar-refractivity contribution in [3.8, 4) is 11.5 Å². The van der Waals surface area contributed by atoms with Crippen molar-refractivity contribution in [3.05, 3.63) is 127 Å². The molecule has 0 saturated carbocycles. The molecule has 0 unspecified atom stereocenters. The Morgan fingerprint density at radius 3 is 1.06 bits per heavy atom. The van der Waals surface area contributed by atoms with Gasteiger partial charge in [-0.05, 0) is 61.1 Å². The summed E-state index contributed by atoms with van der Waals surface area (Å²) in [6.45, 7) is 5.76. The van der Waals surface area contributed by atoms with Gasteiger partial charge >= 0.3 is 11.4 Å². The summed E-state index contributed by atoms with van der Waals surface area (Å²) in [7, 11) is 3.36. The first-order valence-electron chi connectivity index (χ1n) is 17.2. The van der Waals surface area contributed by atoms with Crippen LogP contribution in [0.15, 0.2) is 82.4 Å². The highest BCUT2D eigenvalue weighted by atomic mass is 16.5. The summed E-state index contributed by atoms with van der Waals surface area (Å²) in [6.07, 6.45) is 6.04. The number of unbranched alkanes of at least 4 members (excludes halogenated alkanes) is 2. The fourth-order valence-electron chi connectivity index (χ4n) is 7.54. The van der Waals surface area contributed by atoms with Crippen LogP contribution in [0.5, 0.6) is 11.5 Å². The van der Waals surface area contributed by atoms with Crippen LogP contribution in [-0.4, -0.2) is 32.5 Å². The van der Waals surface area contributed by atoms with Crippen molar-refractivity contribution < 1.29 is 9.47 Å². The lowest BCUT2D eigenvalue weighted by atomic mass is 9.99. The smallest absolute Gasteiger partial charge is 0.329 e. The second kappa shape index (κ2) is 13.3. The maximum Gasteiger partial charge on any atom is 0.329 e. The fourth-order valence-corrected chi connectivity index (χ4v) is 7.54. The van der Waals surface area contributed by atoms with Gasteiger partial charge in [0.15, 0.2) is 0 Å². The van der Waals surface area contributed by atoms with Gasteiger partial charge in [0.25, 0.3) is 0 Å². The predicted octanol–water partition coefficient (Wildman–Crippen LogP) is 7.13. The molecule has 48 heavy (non-hydrogen) atoms. The highest BCUT2D eigenvalue weighted by Crippen LogP contribution is 2.33. The average Bonchev–Trinajstić information content (AvgIpc) is 3.51. The van der Waals surface area contributed by atoms with Gasteiger partial charge in [-0.3, -0.25) is 18.3 Å². The molecule has 0 amide bonds.